The maximum absolute atomic E-state index is 6.21. The van der Waals surface area contributed by atoms with Crippen LogP contribution in [0.2, 0.25) is 0 Å². The largest absolute Gasteiger partial charge is 0.368 e. The summed E-state index contributed by atoms with van der Waals surface area (Å²) >= 11 is 0. The highest BCUT2D eigenvalue weighted by molar-refractivity contribution is 5.36. The molecule has 7 nitrogen and oxygen atoms in total. The molecule has 0 bridgehead atoms. The number of nitrogens with zero attached hydrogens (tertiary/aromatic N) is 5. The zero-order valence-electron chi connectivity index (χ0n) is 13.5. The van der Waals surface area contributed by atoms with E-state index in [4.69, 9.17) is 4.74 Å². The molecule has 0 saturated carbocycles. The number of nitrogens with one attached hydrogen (secondary N) is 1. The molecule has 24 heavy (non-hydrogen) atoms. The van der Waals surface area contributed by atoms with Crippen molar-refractivity contribution in [3.8, 4) is 0 Å². The predicted octanol–water partition coefficient (Wildman–Crippen LogP) is 1.52. The number of rotatable bonds is 2. The van der Waals surface area contributed by atoms with E-state index in [1.54, 1.807) is 6.20 Å². The topological polar surface area (TPSA) is 71.3 Å². The van der Waals surface area contributed by atoms with Gasteiger partial charge in [-0.15, -0.1) is 0 Å². The molecule has 0 aliphatic carbocycles. The van der Waals surface area contributed by atoms with E-state index in [-0.39, 0.29) is 5.60 Å². The first-order chi connectivity index (χ1) is 11.8. The van der Waals surface area contributed by atoms with Crippen LogP contribution >= 0.6 is 0 Å². The summed E-state index contributed by atoms with van der Waals surface area (Å²) < 4.78 is 8.05. The summed E-state index contributed by atoms with van der Waals surface area (Å²) in [4.78, 5) is 6.69. The number of aromatic nitrogens is 5. The number of fused-ring (bicyclic) bond motifs is 3. The van der Waals surface area contributed by atoms with Gasteiger partial charge in [0.15, 0.2) is 5.65 Å². The second-order valence-electron chi connectivity index (χ2n) is 6.69. The Bertz CT molecular complexity index is 861. The van der Waals surface area contributed by atoms with Gasteiger partial charge < -0.3 is 4.74 Å². The minimum absolute atomic E-state index is 0.164. The lowest BCUT2D eigenvalue weighted by Crippen LogP contribution is -2.46. The molecule has 2 aliphatic rings. The minimum atomic E-state index is -0.164. The van der Waals surface area contributed by atoms with E-state index < -0.39 is 0 Å². The van der Waals surface area contributed by atoms with Crippen LogP contribution < -0.4 is 0 Å². The molecular formula is C17H20N6O. The van der Waals surface area contributed by atoms with Gasteiger partial charge >= 0.3 is 0 Å². The molecule has 1 fully saturated rings. The number of hydrogen-bond acceptors (Lipinski definition) is 5. The number of aromatic amines is 1. The van der Waals surface area contributed by atoms with Gasteiger partial charge in [-0.3, -0.25) is 10.00 Å². The Balaban J connectivity index is 1.31. The summed E-state index contributed by atoms with van der Waals surface area (Å²) in [5, 5.41) is 12.0. The monoisotopic (exact) mass is 324 g/mol. The molecule has 2 aliphatic heterocycles. The van der Waals surface area contributed by atoms with Gasteiger partial charge in [0.05, 0.1) is 24.2 Å². The van der Waals surface area contributed by atoms with Crippen LogP contribution in [0.15, 0.2) is 30.7 Å². The average molecular weight is 324 g/mol. The summed E-state index contributed by atoms with van der Waals surface area (Å²) in [7, 11) is 0. The van der Waals surface area contributed by atoms with E-state index in [0.29, 0.717) is 0 Å². The van der Waals surface area contributed by atoms with Gasteiger partial charge in [-0.2, -0.15) is 10.2 Å². The highest BCUT2D eigenvalue weighted by Crippen LogP contribution is 2.40. The number of likely N-dealkylation sites (tertiary alicyclic amines) is 1. The van der Waals surface area contributed by atoms with E-state index >= 15 is 0 Å². The molecule has 1 saturated heterocycles. The molecule has 0 aromatic carbocycles. The Labute approximate surface area is 139 Å². The van der Waals surface area contributed by atoms with Gasteiger partial charge in [-0.25, -0.2) is 9.50 Å². The first-order valence-electron chi connectivity index (χ1n) is 8.51. The van der Waals surface area contributed by atoms with E-state index in [9.17, 15) is 0 Å². The smallest absolute Gasteiger partial charge is 0.153 e. The third kappa shape index (κ3) is 2.23. The Hall–Kier alpha value is -2.25. The van der Waals surface area contributed by atoms with Crippen molar-refractivity contribution in [3.63, 3.8) is 0 Å². The van der Waals surface area contributed by atoms with Gasteiger partial charge in [0, 0.05) is 32.0 Å². The molecule has 1 spiro atoms. The zero-order chi connectivity index (χ0) is 16.0. The highest BCUT2D eigenvalue weighted by atomic mass is 16.5. The van der Waals surface area contributed by atoms with Crippen molar-refractivity contribution in [1.82, 2.24) is 29.7 Å². The van der Waals surface area contributed by atoms with Crippen LogP contribution in [0.5, 0.6) is 0 Å². The van der Waals surface area contributed by atoms with Crippen molar-refractivity contribution in [1.29, 1.82) is 0 Å². The van der Waals surface area contributed by atoms with Crippen LogP contribution in [0.25, 0.3) is 5.65 Å². The van der Waals surface area contributed by atoms with Crippen LogP contribution in [-0.4, -0.2) is 49.4 Å². The minimum Gasteiger partial charge on any atom is -0.368 e. The lowest BCUT2D eigenvalue weighted by molar-refractivity contribution is -0.102. The maximum Gasteiger partial charge on any atom is 0.153 e. The highest BCUT2D eigenvalue weighted by Gasteiger charge is 2.42. The maximum atomic E-state index is 6.21. The van der Waals surface area contributed by atoms with Crippen LogP contribution in [0, 0.1) is 0 Å². The fourth-order valence-electron chi connectivity index (χ4n) is 3.96. The van der Waals surface area contributed by atoms with Crippen molar-refractivity contribution < 1.29 is 4.74 Å². The number of ether oxygens (including phenoxy) is 1. The average Bonchev–Trinajstić information content (AvgIpc) is 3.26. The van der Waals surface area contributed by atoms with Crippen molar-refractivity contribution in [3.05, 3.63) is 47.7 Å². The molecule has 5 rings (SSSR count). The number of piperidine rings is 1. The molecule has 3 aromatic rings. The van der Waals surface area contributed by atoms with Crippen molar-refractivity contribution in [2.75, 3.05) is 19.7 Å². The Morgan fingerprint density at radius 1 is 1.25 bits per heavy atom. The van der Waals surface area contributed by atoms with Gasteiger partial charge in [0.2, 0.25) is 0 Å². The predicted molar refractivity (Wildman–Crippen MR) is 87.4 cm³/mol. The molecule has 0 atom stereocenters. The number of H-pyrrole nitrogens is 1. The Kier molecular flexibility index (Phi) is 3.17. The summed E-state index contributed by atoms with van der Waals surface area (Å²) in [5.74, 6) is 0. The van der Waals surface area contributed by atoms with Crippen molar-refractivity contribution in [2.24, 2.45) is 0 Å². The summed E-state index contributed by atoms with van der Waals surface area (Å²) in [6, 6.07) is 4.09. The van der Waals surface area contributed by atoms with E-state index in [1.807, 2.05) is 23.0 Å². The number of hydrogen-bond donors (Lipinski definition) is 1. The Morgan fingerprint density at radius 3 is 3.08 bits per heavy atom. The van der Waals surface area contributed by atoms with Crippen LogP contribution in [0.1, 0.15) is 29.8 Å². The standard InChI is InChI=1S/C17H20N6O/c1-2-15-18-6-9-23(15)21-14(1)12-22-7-4-17(5-8-22)16-13(3-10-24-17)11-19-20-16/h1-2,6,9,11H,3-5,7-8,10,12H2,(H,19,20). The number of imidazole rings is 1. The van der Waals surface area contributed by atoms with E-state index in [2.05, 4.69) is 31.2 Å². The summed E-state index contributed by atoms with van der Waals surface area (Å²) in [6.45, 7) is 3.66. The molecule has 7 heteroatoms. The van der Waals surface area contributed by atoms with Crippen molar-refractivity contribution >= 4 is 5.65 Å². The molecule has 0 radical (unpaired) electrons. The van der Waals surface area contributed by atoms with Crippen LogP contribution in [0.4, 0.5) is 0 Å². The normalized spacial score (nSPS) is 20.5. The van der Waals surface area contributed by atoms with Crippen LogP contribution in [0.3, 0.4) is 0 Å². The molecule has 0 unspecified atom stereocenters. The van der Waals surface area contributed by atoms with E-state index in [0.717, 1.165) is 56.8 Å². The quantitative estimate of drug-likeness (QED) is 0.774. The third-order valence-electron chi connectivity index (χ3n) is 5.28. The third-order valence-corrected chi connectivity index (χ3v) is 5.28. The second kappa shape index (κ2) is 5.39. The summed E-state index contributed by atoms with van der Waals surface area (Å²) in [6.07, 6.45) is 8.58. The molecular weight excluding hydrogens is 304 g/mol. The van der Waals surface area contributed by atoms with Gasteiger partial charge in [0.25, 0.3) is 0 Å². The fraction of sp³-hybridized carbons (Fsp3) is 0.471. The van der Waals surface area contributed by atoms with Crippen molar-refractivity contribution in [2.45, 2.75) is 31.4 Å². The molecule has 124 valence electrons. The SMILES string of the molecule is c1cn2nc(CN3CCC4(CC3)OCCc3cn[nH]c34)ccc2n1. The second-order valence-corrected chi connectivity index (χ2v) is 6.69. The van der Waals surface area contributed by atoms with Gasteiger partial charge in [-0.1, -0.05) is 0 Å². The van der Waals surface area contributed by atoms with Crippen LogP contribution in [-0.2, 0) is 23.3 Å². The summed E-state index contributed by atoms with van der Waals surface area (Å²) in [5.41, 5.74) is 4.32. The van der Waals surface area contributed by atoms with Gasteiger partial charge in [-0.05, 0) is 37.0 Å². The molecule has 0 amide bonds. The van der Waals surface area contributed by atoms with E-state index in [1.165, 1.54) is 11.3 Å². The lowest BCUT2D eigenvalue weighted by atomic mass is 9.84. The molecule has 1 N–H and O–H groups in total. The first kappa shape index (κ1) is 14.1. The Morgan fingerprint density at radius 2 is 2.17 bits per heavy atom. The first-order valence-corrected chi connectivity index (χ1v) is 8.51. The van der Waals surface area contributed by atoms with Gasteiger partial charge in [0.1, 0.15) is 5.60 Å². The lowest BCUT2D eigenvalue weighted by Gasteiger charge is -2.43. The molecule has 5 heterocycles. The molecule has 3 aromatic heterocycles. The fourth-order valence-corrected chi connectivity index (χ4v) is 3.96. The zero-order valence-corrected chi connectivity index (χ0v) is 13.5.